The van der Waals surface area contributed by atoms with E-state index >= 15 is 0 Å². The largest absolute Gasteiger partial charge is 0.393 e. The molecule has 0 saturated heterocycles. The molecule has 4 N–H and O–H groups in total. The molecular weight excluding hydrogens is 402 g/mol. The van der Waals surface area contributed by atoms with Crippen molar-refractivity contribution in [2.75, 3.05) is 6.54 Å². The van der Waals surface area contributed by atoms with E-state index in [-0.39, 0.29) is 23.8 Å². The highest BCUT2D eigenvalue weighted by Gasteiger charge is 2.40. The molecular formula is C27H43NO4. The predicted octanol–water partition coefficient (Wildman–Crippen LogP) is 3.99. The standard InChI is InChI=1S/C27H43NO4/c29-22(15-14-20-8-4-3-5-9-20)16-17-24-23(25(30)18-26(24)31)10-6-1-2-7-11-27(32)28-19-21-12-13-21/h3-5,8-9,21-26,29-31H,1-2,6-7,10-19H2,(H,28,32)/t22-,23+,24+,25-,26+/m0/s1. The van der Waals surface area contributed by atoms with E-state index < -0.39 is 12.2 Å². The zero-order valence-corrected chi connectivity index (χ0v) is 19.5. The van der Waals surface area contributed by atoms with Crippen molar-refractivity contribution < 1.29 is 20.1 Å². The molecule has 5 nitrogen and oxygen atoms in total. The van der Waals surface area contributed by atoms with Crippen LogP contribution in [0.3, 0.4) is 0 Å². The first-order valence-electron chi connectivity index (χ1n) is 12.9. The number of benzene rings is 1. The van der Waals surface area contributed by atoms with Gasteiger partial charge in [0.25, 0.3) is 0 Å². The fourth-order valence-electron chi connectivity index (χ4n) is 5.18. The molecule has 5 heteroatoms. The number of carbonyl (C=O) groups excluding carboxylic acids is 1. The number of nitrogens with one attached hydrogen (secondary N) is 1. The predicted molar refractivity (Wildman–Crippen MR) is 127 cm³/mol. The lowest BCUT2D eigenvalue weighted by atomic mass is 9.84. The lowest BCUT2D eigenvalue weighted by Crippen LogP contribution is -2.25. The zero-order chi connectivity index (χ0) is 22.8. The topological polar surface area (TPSA) is 89.8 Å². The third-order valence-electron chi connectivity index (χ3n) is 7.44. The minimum atomic E-state index is -0.466. The fourth-order valence-corrected chi connectivity index (χ4v) is 5.18. The second-order valence-electron chi connectivity index (χ2n) is 10.2. The monoisotopic (exact) mass is 445 g/mol. The number of aliphatic hydroxyl groups excluding tert-OH is 3. The molecule has 2 fully saturated rings. The number of hydrogen-bond acceptors (Lipinski definition) is 4. The summed E-state index contributed by atoms with van der Waals surface area (Å²) >= 11 is 0. The van der Waals surface area contributed by atoms with E-state index in [0.717, 1.165) is 63.8 Å². The van der Waals surface area contributed by atoms with Crippen LogP contribution in [0.15, 0.2) is 30.3 Å². The first-order chi connectivity index (χ1) is 15.5. The molecule has 1 aromatic carbocycles. The van der Waals surface area contributed by atoms with Crippen LogP contribution in [0.5, 0.6) is 0 Å². The van der Waals surface area contributed by atoms with Gasteiger partial charge in [0.1, 0.15) is 0 Å². The number of rotatable bonds is 15. The Labute approximate surface area is 193 Å². The first-order valence-corrected chi connectivity index (χ1v) is 12.9. The number of carbonyl (C=O) groups is 1. The van der Waals surface area contributed by atoms with Crippen LogP contribution >= 0.6 is 0 Å². The van der Waals surface area contributed by atoms with Crippen LogP contribution in [-0.4, -0.2) is 46.1 Å². The van der Waals surface area contributed by atoms with E-state index in [1.165, 1.54) is 18.4 Å². The number of unbranched alkanes of at least 4 members (excludes halogenated alkanes) is 3. The molecule has 2 saturated carbocycles. The first kappa shape index (κ1) is 25.2. The van der Waals surface area contributed by atoms with E-state index in [1.807, 2.05) is 18.2 Å². The van der Waals surface area contributed by atoms with E-state index in [2.05, 4.69) is 17.4 Å². The minimum Gasteiger partial charge on any atom is -0.393 e. The van der Waals surface area contributed by atoms with Crippen LogP contribution in [0.4, 0.5) is 0 Å². The molecule has 3 rings (SSSR count). The van der Waals surface area contributed by atoms with Crippen molar-refractivity contribution in [1.29, 1.82) is 0 Å². The van der Waals surface area contributed by atoms with Gasteiger partial charge in [-0.05, 0) is 81.1 Å². The maximum atomic E-state index is 11.8. The van der Waals surface area contributed by atoms with Crippen molar-refractivity contribution in [2.24, 2.45) is 17.8 Å². The average Bonchev–Trinajstić information content (AvgIpc) is 3.58. The molecule has 0 spiro atoms. The van der Waals surface area contributed by atoms with E-state index in [4.69, 9.17) is 0 Å². The Morgan fingerprint density at radius 2 is 1.62 bits per heavy atom. The minimum absolute atomic E-state index is 0.0737. The highest BCUT2D eigenvalue weighted by atomic mass is 16.3. The van der Waals surface area contributed by atoms with Gasteiger partial charge >= 0.3 is 0 Å². The summed E-state index contributed by atoms with van der Waals surface area (Å²) in [4.78, 5) is 11.8. The molecule has 0 radical (unpaired) electrons. The van der Waals surface area contributed by atoms with Crippen LogP contribution in [0.2, 0.25) is 0 Å². The third-order valence-corrected chi connectivity index (χ3v) is 7.44. The molecule has 1 aromatic rings. The summed E-state index contributed by atoms with van der Waals surface area (Å²) in [6.45, 7) is 0.850. The van der Waals surface area contributed by atoms with Gasteiger partial charge in [0, 0.05) is 13.0 Å². The van der Waals surface area contributed by atoms with E-state index in [0.29, 0.717) is 19.3 Å². The molecule has 0 aliphatic heterocycles. The van der Waals surface area contributed by atoms with Crippen molar-refractivity contribution in [3.63, 3.8) is 0 Å². The SMILES string of the molecule is O=C(CCCCCC[C@@H]1[C@@H](CC[C@@H](O)CCc2ccccc2)[C@H](O)C[C@@H]1O)NCC1CC1. The zero-order valence-electron chi connectivity index (χ0n) is 19.5. The second-order valence-corrected chi connectivity index (χ2v) is 10.2. The van der Waals surface area contributed by atoms with Gasteiger partial charge < -0.3 is 20.6 Å². The second kappa shape index (κ2) is 13.3. The van der Waals surface area contributed by atoms with Gasteiger partial charge in [-0.3, -0.25) is 4.79 Å². The molecule has 0 unspecified atom stereocenters. The van der Waals surface area contributed by atoms with Gasteiger partial charge in [0.2, 0.25) is 5.91 Å². The Kier molecular flexibility index (Phi) is 10.5. The summed E-state index contributed by atoms with van der Waals surface area (Å²) in [5.74, 6) is 1.10. The fraction of sp³-hybridized carbons (Fsp3) is 0.741. The lowest BCUT2D eigenvalue weighted by Gasteiger charge is -2.24. The molecule has 2 aliphatic carbocycles. The van der Waals surface area contributed by atoms with Crippen LogP contribution in [0, 0.1) is 17.8 Å². The smallest absolute Gasteiger partial charge is 0.220 e. The van der Waals surface area contributed by atoms with Gasteiger partial charge in [-0.1, -0.05) is 49.6 Å². The van der Waals surface area contributed by atoms with Crippen molar-refractivity contribution in [2.45, 2.75) is 102 Å². The molecule has 2 aliphatic rings. The van der Waals surface area contributed by atoms with Gasteiger partial charge in [0.15, 0.2) is 0 Å². The van der Waals surface area contributed by atoms with Crippen molar-refractivity contribution in [3.05, 3.63) is 35.9 Å². The number of aryl methyl sites for hydroxylation is 1. The van der Waals surface area contributed by atoms with Gasteiger partial charge in [0.05, 0.1) is 18.3 Å². The Balaban J connectivity index is 1.28. The molecule has 32 heavy (non-hydrogen) atoms. The quantitative estimate of drug-likeness (QED) is 0.307. The van der Waals surface area contributed by atoms with Crippen LogP contribution in [0.1, 0.15) is 82.6 Å². The normalized spacial score (nSPS) is 26.2. The molecule has 0 aromatic heterocycles. The maximum absolute atomic E-state index is 11.8. The highest BCUT2D eigenvalue weighted by Crippen LogP contribution is 2.39. The molecule has 0 heterocycles. The van der Waals surface area contributed by atoms with E-state index in [1.54, 1.807) is 0 Å². The van der Waals surface area contributed by atoms with Gasteiger partial charge in [-0.15, -0.1) is 0 Å². The van der Waals surface area contributed by atoms with Crippen molar-refractivity contribution in [1.82, 2.24) is 5.32 Å². The summed E-state index contributed by atoms with van der Waals surface area (Å²) in [6.07, 6.45) is 10.3. The Morgan fingerprint density at radius 1 is 0.938 bits per heavy atom. The Morgan fingerprint density at radius 3 is 2.34 bits per heavy atom. The molecule has 180 valence electrons. The summed E-state index contributed by atoms with van der Waals surface area (Å²) < 4.78 is 0. The van der Waals surface area contributed by atoms with Crippen LogP contribution in [-0.2, 0) is 11.2 Å². The van der Waals surface area contributed by atoms with Crippen LogP contribution in [0.25, 0.3) is 0 Å². The lowest BCUT2D eigenvalue weighted by molar-refractivity contribution is -0.121. The molecule has 1 amide bonds. The highest BCUT2D eigenvalue weighted by molar-refractivity contribution is 5.75. The average molecular weight is 446 g/mol. The van der Waals surface area contributed by atoms with Gasteiger partial charge in [-0.25, -0.2) is 0 Å². The third kappa shape index (κ3) is 8.84. The van der Waals surface area contributed by atoms with Crippen LogP contribution < -0.4 is 5.32 Å². The Bertz CT molecular complexity index is 663. The van der Waals surface area contributed by atoms with E-state index in [9.17, 15) is 20.1 Å². The number of hydrogen-bond donors (Lipinski definition) is 4. The number of aliphatic hydroxyl groups is 3. The molecule has 0 bridgehead atoms. The number of amides is 1. The van der Waals surface area contributed by atoms with Gasteiger partial charge in [-0.2, -0.15) is 0 Å². The summed E-state index contributed by atoms with van der Waals surface area (Å²) in [7, 11) is 0. The Hall–Kier alpha value is -1.43. The maximum Gasteiger partial charge on any atom is 0.220 e. The summed E-state index contributed by atoms with van der Waals surface area (Å²) in [5.41, 5.74) is 1.24. The van der Waals surface area contributed by atoms with Crippen molar-refractivity contribution in [3.8, 4) is 0 Å². The summed E-state index contributed by atoms with van der Waals surface area (Å²) in [5, 5.41) is 34.4. The van der Waals surface area contributed by atoms with Crippen molar-refractivity contribution >= 4 is 5.91 Å². The summed E-state index contributed by atoms with van der Waals surface area (Å²) in [6, 6.07) is 10.2. The molecule has 5 atom stereocenters.